The summed E-state index contributed by atoms with van der Waals surface area (Å²) in [5, 5.41) is 11.2. The zero-order chi connectivity index (χ0) is 19.4. The van der Waals surface area contributed by atoms with Gasteiger partial charge in [-0.15, -0.1) is 0 Å². The zero-order valence-electron chi connectivity index (χ0n) is 16.1. The predicted molar refractivity (Wildman–Crippen MR) is 102 cm³/mol. The minimum atomic E-state index is -0.341. The van der Waals surface area contributed by atoms with E-state index in [1.165, 1.54) is 0 Å². The minimum Gasteiger partial charge on any atom is -0.489 e. The Labute approximate surface area is 158 Å². The summed E-state index contributed by atoms with van der Waals surface area (Å²) < 4.78 is 12.8. The van der Waals surface area contributed by atoms with Crippen LogP contribution >= 0.6 is 0 Å². The van der Waals surface area contributed by atoms with Gasteiger partial charge in [0, 0.05) is 12.6 Å². The molecule has 0 aliphatic carbocycles. The second kappa shape index (κ2) is 8.07. The normalized spacial score (nSPS) is 10.8. The van der Waals surface area contributed by atoms with E-state index in [4.69, 9.17) is 9.26 Å². The maximum Gasteiger partial charge on any atom is 0.279 e. The molecular formula is C20H24N4O3. The summed E-state index contributed by atoms with van der Waals surface area (Å²) in [7, 11) is 0. The molecule has 27 heavy (non-hydrogen) atoms. The minimum absolute atomic E-state index is 0.203. The number of anilines is 1. The number of aryl methyl sites for hydroxylation is 4. The van der Waals surface area contributed by atoms with Gasteiger partial charge in [0.2, 0.25) is 0 Å². The largest absolute Gasteiger partial charge is 0.489 e. The fourth-order valence-electron chi connectivity index (χ4n) is 2.73. The fourth-order valence-corrected chi connectivity index (χ4v) is 2.73. The molecule has 0 aliphatic rings. The summed E-state index contributed by atoms with van der Waals surface area (Å²) in [6, 6.07) is 9.57. The third-order valence-corrected chi connectivity index (χ3v) is 4.18. The highest BCUT2D eigenvalue weighted by molar-refractivity contribution is 6.03. The Morgan fingerprint density at radius 1 is 1.22 bits per heavy atom. The smallest absolute Gasteiger partial charge is 0.279 e. The summed E-state index contributed by atoms with van der Waals surface area (Å²) in [6.07, 6.45) is 0.919. The number of ether oxygens (including phenoxy) is 1. The van der Waals surface area contributed by atoms with Gasteiger partial charge in [-0.1, -0.05) is 29.8 Å². The number of carbonyl (C=O) groups excluding carboxylic acids is 1. The molecule has 0 saturated carbocycles. The highest BCUT2D eigenvalue weighted by Crippen LogP contribution is 2.20. The molecule has 0 atom stereocenters. The monoisotopic (exact) mass is 368 g/mol. The molecule has 3 rings (SSSR count). The molecule has 0 aliphatic heterocycles. The van der Waals surface area contributed by atoms with Crippen LogP contribution in [0.2, 0.25) is 0 Å². The highest BCUT2D eigenvalue weighted by atomic mass is 16.5. The van der Waals surface area contributed by atoms with Crippen molar-refractivity contribution >= 4 is 11.7 Å². The number of aromatic nitrogens is 3. The van der Waals surface area contributed by atoms with Crippen molar-refractivity contribution in [2.75, 3.05) is 5.32 Å². The Morgan fingerprint density at radius 2 is 1.96 bits per heavy atom. The van der Waals surface area contributed by atoms with Crippen LogP contribution in [0.5, 0.6) is 5.75 Å². The molecule has 2 aromatic heterocycles. The number of hydrogen-bond acceptors (Lipinski definition) is 5. The van der Waals surface area contributed by atoms with Crippen molar-refractivity contribution in [3.8, 4) is 5.75 Å². The van der Waals surface area contributed by atoms with Crippen molar-refractivity contribution in [3.63, 3.8) is 0 Å². The Bertz CT molecular complexity index is 925. The van der Waals surface area contributed by atoms with Crippen molar-refractivity contribution in [3.05, 3.63) is 58.6 Å². The van der Waals surface area contributed by atoms with Gasteiger partial charge >= 0.3 is 0 Å². The Morgan fingerprint density at radius 3 is 2.67 bits per heavy atom. The number of carbonyl (C=O) groups is 1. The molecule has 0 bridgehead atoms. The average Bonchev–Trinajstić information content (AvgIpc) is 3.17. The molecule has 0 fully saturated rings. The topological polar surface area (TPSA) is 82.2 Å². The maximum atomic E-state index is 12.7. The SMILES string of the molecule is CCCn1nc(C)cc1NC(=O)c1noc(C)c1COc1ccc(C)cc1. The molecule has 0 spiro atoms. The van der Waals surface area contributed by atoms with Crippen LogP contribution in [-0.2, 0) is 13.2 Å². The van der Waals surface area contributed by atoms with Crippen molar-refractivity contribution in [2.45, 2.75) is 47.3 Å². The van der Waals surface area contributed by atoms with E-state index in [2.05, 4.69) is 22.5 Å². The van der Waals surface area contributed by atoms with Gasteiger partial charge in [-0.3, -0.25) is 4.79 Å². The fraction of sp³-hybridized carbons (Fsp3) is 0.350. The molecule has 142 valence electrons. The van der Waals surface area contributed by atoms with E-state index in [1.807, 2.05) is 44.2 Å². The van der Waals surface area contributed by atoms with Gasteiger partial charge in [0.05, 0.1) is 11.3 Å². The van der Waals surface area contributed by atoms with Crippen LogP contribution in [0.25, 0.3) is 0 Å². The van der Waals surface area contributed by atoms with Gasteiger partial charge in [0.1, 0.15) is 23.9 Å². The molecule has 1 N–H and O–H groups in total. The van der Waals surface area contributed by atoms with E-state index in [9.17, 15) is 4.79 Å². The number of benzene rings is 1. The van der Waals surface area contributed by atoms with Crippen molar-refractivity contribution < 1.29 is 14.1 Å². The first-order chi connectivity index (χ1) is 13.0. The van der Waals surface area contributed by atoms with Gasteiger partial charge in [0.25, 0.3) is 5.91 Å². The quantitative estimate of drug-likeness (QED) is 0.681. The summed E-state index contributed by atoms with van der Waals surface area (Å²) in [5.74, 6) is 1.59. The van der Waals surface area contributed by atoms with Crippen LogP contribution in [0.4, 0.5) is 5.82 Å². The lowest BCUT2D eigenvalue weighted by atomic mass is 10.2. The summed E-state index contributed by atoms with van der Waals surface area (Å²) in [5.41, 5.74) is 2.86. The first-order valence-corrected chi connectivity index (χ1v) is 8.98. The first kappa shape index (κ1) is 18.7. The molecule has 1 aromatic carbocycles. The lowest BCUT2D eigenvalue weighted by Gasteiger charge is -2.09. The van der Waals surface area contributed by atoms with Gasteiger partial charge < -0.3 is 14.6 Å². The molecule has 0 unspecified atom stereocenters. The number of nitrogens with one attached hydrogen (secondary N) is 1. The number of nitrogens with zero attached hydrogens (tertiary/aromatic N) is 3. The van der Waals surface area contributed by atoms with Crippen LogP contribution in [0.15, 0.2) is 34.9 Å². The van der Waals surface area contributed by atoms with Crippen LogP contribution in [0.1, 0.15) is 46.4 Å². The molecule has 7 nitrogen and oxygen atoms in total. The van der Waals surface area contributed by atoms with E-state index < -0.39 is 0 Å². The number of rotatable bonds is 7. The molecular weight excluding hydrogens is 344 g/mol. The summed E-state index contributed by atoms with van der Waals surface area (Å²) >= 11 is 0. The van der Waals surface area contributed by atoms with Gasteiger partial charge in [0.15, 0.2) is 5.69 Å². The van der Waals surface area contributed by atoms with Crippen LogP contribution in [0, 0.1) is 20.8 Å². The van der Waals surface area contributed by atoms with E-state index >= 15 is 0 Å². The molecule has 1 amide bonds. The second-order valence-corrected chi connectivity index (χ2v) is 6.52. The third-order valence-electron chi connectivity index (χ3n) is 4.18. The van der Waals surface area contributed by atoms with Crippen LogP contribution in [-0.4, -0.2) is 20.8 Å². The predicted octanol–water partition coefficient (Wildman–Crippen LogP) is 4.04. The zero-order valence-corrected chi connectivity index (χ0v) is 16.1. The van der Waals surface area contributed by atoms with E-state index in [0.717, 1.165) is 30.0 Å². The highest BCUT2D eigenvalue weighted by Gasteiger charge is 2.21. The first-order valence-electron chi connectivity index (χ1n) is 8.98. The van der Waals surface area contributed by atoms with Gasteiger partial charge in [-0.05, 0) is 39.3 Å². The summed E-state index contributed by atoms with van der Waals surface area (Å²) in [6.45, 7) is 8.66. The van der Waals surface area contributed by atoms with E-state index in [1.54, 1.807) is 11.6 Å². The van der Waals surface area contributed by atoms with Crippen LogP contribution < -0.4 is 10.1 Å². The van der Waals surface area contributed by atoms with Gasteiger partial charge in [-0.2, -0.15) is 5.10 Å². The number of hydrogen-bond donors (Lipinski definition) is 1. The third kappa shape index (κ3) is 4.36. The van der Waals surface area contributed by atoms with Crippen molar-refractivity contribution in [1.82, 2.24) is 14.9 Å². The molecule has 0 radical (unpaired) electrons. The molecule has 3 aromatic rings. The lowest BCUT2D eigenvalue weighted by Crippen LogP contribution is -2.18. The molecule has 0 saturated heterocycles. The standard InChI is InChI=1S/C20H24N4O3/c1-5-10-24-18(11-14(3)22-24)21-20(25)19-17(15(4)27-23-19)12-26-16-8-6-13(2)7-9-16/h6-9,11H,5,10,12H2,1-4H3,(H,21,25). The average molecular weight is 368 g/mol. The van der Waals surface area contributed by atoms with E-state index in [-0.39, 0.29) is 18.2 Å². The van der Waals surface area contributed by atoms with Gasteiger partial charge in [-0.25, -0.2) is 4.68 Å². The molecule has 2 heterocycles. The van der Waals surface area contributed by atoms with E-state index in [0.29, 0.717) is 17.1 Å². The second-order valence-electron chi connectivity index (χ2n) is 6.52. The summed E-state index contributed by atoms with van der Waals surface area (Å²) in [4.78, 5) is 12.7. The van der Waals surface area contributed by atoms with Crippen LogP contribution in [0.3, 0.4) is 0 Å². The van der Waals surface area contributed by atoms with Crippen molar-refractivity contribution in [1.29, 1.82) is 0 Å². The maximum absolute atomic E-state index is 12.7. The number of amides is 1. The Kier molecular flexibility index (Phi) is 5.59. The van der Waals surface area contributed by atoms with Crippen molar-refractivity contribution in [2.24, 2.45) is 0 Å². The Hall–Kier alpha value is -3.09. The molecule has 7 heteroatoms. The Balaban J connectivity index is 1.75. The lowest BCUT2D eigenvalue weighted by molar-refractivity contribution is 0.101.